The third-order valence-electron chi connectivity index (χ3n) is 3.20. The lowest BCUT2D eigenvalue weighted by Crippen LogP contribution is -2.16. The Labute approximate surface area is 115 Å². The summed E-state index contributed by atoms with van der Waals surface area (Å²) in [6, 6.07) is 3.06. The molecule has 4 nitrogen and oxygen atoms in total. The fourth-order valence-electron chi connectivity index (χ4n) is 2.09. The van der Waals surface area contributed by atoms with E-state index >= 15 is 0 Å². The molecule has 108 valence electrons. The number of rotatable bonds is 4. The van der Waals surface area contributed by atoms with E-state index in [1.54, 1.807) is 13.0 Å². The van der Waals surface area contributed by atoms with Crippen LogP contribution in [0.5, 0.6) is 0 Å². The zero-order chi connectivity index (χ0) is 15.0. The smallest absolute Gasteiger partial charge is 0.125 e. The molecular weight excluding hydrogens is 262 g/mol. The fraction of sp³-hybridized carbons (Fsp3) is 0.571. The molecule has 1 aromatic rings. The molecule has 0 bridgehead atoms. The summed E-state index contributed by atoms with van der Waals surface area (Å²) in [4.78, 5) is -0.137. The molecule has 0 fully saturated rings. The molecule has 0 saturated carbocycles. The first kappa shape index (κ1) is 16.1. The van der Waals surface area contributed by atoms with Gasteiger partial charge in [0.15, 0.2) is 0 Å². The Hall–Kier alpha value is -0.910. The molecule has 0 amide bonds. The van der Waals surface area contributed by atoms with Gasteiger partial charge in [0.25, 0.3) is 0 Å². The summed E-state index contributed by atoms with van der Waals surface area (Å²) in [6.07, 6.45) is 0. The quantitative estimate of drug-likeness (QED) is 0.862. The summed E-state index contributed by atoms with van der Waals surface area (Å²) in [5, 5.41) is 0. The van der Waals surface area contributed by atoms with Crippen LogP contribution in [0, 0.1) is 0 Å². The maximum Gasteiger partial charge on any atom is 0.125 e. The molecule has 1 aromatic carbocycles. The SMILES string of the molecule is CC(C)c1cc(C(C)C)c(S(=O)(=O)[O-])c(C(C)N)c1. The van der Waals surface area contributed by atoms with Crippen molar-refractivity contribution in [2.45, 2.75) is 57.4 Å². The highest BCUT2D eigenvalue weighted by Gasteiger charge is 2.21. The van der Waals surface area contributed by atoms with Gasteiger partial charge in [0.2, 0.25) is 0 Å². The van der Waals surface area contributed by atoms with Gasteiger partial charge < -0.3 is 10.3 Å². The van der Waals surface area contributed by atoms with Gasteiger partial charge in [-0.3, -0.25) is 0 Å². The molecule has 5 heteroatoms. The molecule has 0 aromatic heterocycles. The van der Waals surface area contributed by atoms with Crippen LogP contribution in [-0.2, 0) is 10.1 Å². The molecule has 1 rings (SSSR count). The molecule has 0 aliphatic rings. The highest BCUT2D eigenvalue weighted by molar-refractivity contribution is 7.85. The summed E-state index contributed by atoms with van der Waals surface area (Å²) in [7, 11) is -4.53. The van der Waals surface area contributed by atoms with Crippen molar-refractivity contribution in [3.63, 3.8) is 0 Å². The lowest BCUT2D eigenvalue weighted by molar-refractivity contribution is 0.459. The van der Waals surface area contributed by atoms with Crippen LogP contribution in [0.4, 0.5) is 0 Å². The Morgan fingerprint density at radius 2 is 1.47 bits per heavy atom. The van der Waals surface area contributed by atoms with Crippen LogP contribution in [0.15, 0.2) is 17.0 Å². The zero-order valence-corrected chi connectivity index (χ0v) is 12.9. The Balaban J connectivity index is 3.77. The third-order valence-corrected chi connectivity index (χ3v) is 4.17. The third kappa shape index (κ3) is 3.55. The monoisotopic (exact) mass is 284 g/mol. The van der Waals surface area contributed by atoms with E-state index in [2.05, 4.69) is 0 Å². The van der Waals surface area contributed by atoms with E-state index in [-0.39, 0.29) is 16.7 Å². The summed E-state index contributed by atoms with van der Waals surface area (Å²) in [5.74, 6) is 0.202. The van der Waals surface area contributed by atoms with Gasteiger partial charge in [-0.05, 0) is 35.4 Å². The Bertz CT molecular complexity index is 531. The first-order valence-corrected chi connectivity index (χ1v) is 7.85. The molecule has 0 heterocycles. The molecular formula is C14H22NO3S-. The van der Waals surface area contributed by atoms with Crippen LogP contribution in [0.1, 0.15) is 69.2 Å². The highest BCUT2D eigenvalue weighted by atomic mass is 32.2. The van der Waals surface area contributed by atoms with Crippen molar-refractivity contribution in [1.29, 1.82) is 0 Å². The minimum atomic E-state index is -4.53. The van der Waals surface area contributed by atoms with E-state index in [1.807, 2.05) is 33.8 Å². The largest absolute Gasteiger partial charge is 0.744 e. The maximum atomic E-state index is 11.6. The molecule has 0 spiro atoms. The first-order chi connectivity index (χ1) is 8.55. The topological polar surface area (TPSA) is 83.2 Å². The minimum absolute atomic E-state index is 0.0464. The van der Waals surface area contributed by atoms with Gasteiger partial charge in [0.1, 0.15) is 10.1 Å². The average molecular weight is 284 g/mol. The summed E-state index contributed by atoms with van der Waals surface area (Å²) >= 11 is 0. The van der Waals surface area contributed by atoms with Crippen molar-refractivity contribution < 1.29 is 13.0 Å². The van der Waals surface area contributed by atoms with Gasteiger partial charge in [0.05, 0.1) is 4.90 Å². The second-order valence-corrected chi connectivity index (χ2v) is 6.90. The van der Waals surface area contributed by atoms with E-state index in [1.165, 1.54) is 0 Å². The van der Waals surface area contributed by atoms with Crippen LogP contribution < -0.4 is 5.73 Å². The fourth-order valence-corrected chi connectivity index (χ4v) is 3.20. The Kier molecular flexibility index (Phi) is 4.76. The van der Waals surface area contributed by atoms with Crippen LogP contribution in [-0.4, -0.2) is 13.0 Å². The lowest BCUT2D eigenvalue weighted by atomic mass is 9.91. The maximum absolute atomic E-state index is 11.6. The summed E-state index contributed by atoms with van der Waals surface area (Å²) in [6.45, 7) is 9.49. The molecule has 1 unspecified atom stereocenters. The molecule has 1 atom stereocenters. The molecule has 0 saturated heterocycles. The summed E-state index contributed by atoms with van der Waals surface area (Å²) < 4.78 is 34.7. The molecule has 0 aliphatic carbocycles. The van der Waals surface area contributed by atoms with E-state index in [9.17, 15) is 13.0 Å². The van der Waals surface area contributed by atoms with Crippen LogP contribution in [0.2, 0.25) is 0 Å². The van der Waals surface area contributed by atoms with Gasteiger partial charge in [0, 0.05) is 6.04 Å². The van der Waals surface area contributed by atoms with E-state index in [4.69, 9.17) is 5.73 Å². The van der Waals surface area contributed by atoms with Crippen molar-refractivity contribution >= 4 is 10.1 Å². The summed E-state index contributed by atoms with van der Waals surface area (Å²) in [5.41, 5.74) is 7.83. The highest BCUT2D eigenvalue weighted by Crippen LogP contribution is 2.33. The molecule has 2 N–H and O–H groups in total. The van der Waals surface area contributed by atoms with E-state index in [0.717, 1.165) is 5.56 Å². The van der Waals surface area contributed by atoms with Gasteiger partial charge in [-0.25, -0.2) is 8.42 Å². The minimum Gasteiger partial charge on any atom is -0.744 e. The predicted molar refractivity (Wildman–Crippen MR) is 75.2 cm³/mol. The Morgan fingerprint density at radius 1 is 1.00 bits per heavy atom. The average Bonchev–Trinajstić information content (AvgIpc) is 2.25. The van der Waals surface area contributed by atoms with E-state index < -0.39 is 16.2 Å². The standard InChI is InChI=1S/C14H23NO3S/c1-8(2)11-6-12(9(3)4)14(19(16,17)18)13(7-11)10(5)15/h6-10H,15H2,1-5H3,(H,16,17,18)/p-1. The van der Waals surface area contributed by atoms with Gasteiger partial charge in [-0.1, -0.05) is 39.8 Å². The van der Waals surface area contributed by atoms with Crippen LogP contribution >= 0.6 is 0 Å². The number of nitrogens with two attached hydrogens (primary N) is 1. The van der Waals surface area contributed by atoms with Crippen LogP contribution in [0.3, 0.4) is 0 Å². The second kappa shape index (κ2) is 5.61. The van der Waals surface area contributed by atoms with Crippen molar-refractivity contribution in [3.8, 4) is 0 Å². The Morgan fingerprint density at radius 3 is 1.79 bits per heavy atom. The first-order valence-electron chi connectivity index (χ1n) is 6.44. The molecule has 19 heavy (non-hydrogen) atoms. The predicted octanol–water partition coefficient (Wildman–Crippen LogP) is 2.86. The van der Waals surface area contributed by atoms with Gasteiger partial charge >= 0.3 is 0 Å². The van der Waals surface area contributed by atoms with Crippen molar-refractivity contribution in [2.24, 2.45) is 5.73 Å². The number of hydrogen-bond acceptors (Lipinski definition) is 4. The van der Waals surface area contributed by atoms with E-state index in [0.29, 0.717) is 11.1 Å². The number of hydrogen-bond donors (Lipinski definition) is 1. The molecule has 0 radical (unpaired) electrons. The zero-order valence-electron chi connectivity index (χ0n) is 12.1. The van der Waals surface area contributed by atoms with Crippen LogP contribution in [0.25, 0.3) is 0 Å². The molecule has 0 aliphatic heterocycles. The lowest BCUT2D eigenvalue weighted by Gasteiger charge is -2.24. The normalized spacial score (nSPS) is 14.2. The van der Waals surface area contributed by atoms with Gasteiger partial charge in [-0.2, -0.15) is 0 Å². The van der Waals surface area contributed by atoms with Gasteiger partial charge in [-0.15, -0.1) is 0 Å². The number of benzene rings is 1. The van der Waals surface area contributed by atoms with Crippen molar-refractivity contribution in [1.82, 2.24) is 0 Å². The van der Waals surface area contributed by atoms with Crippen molar-refractivity contribution in [2.75, 3.05) is 0 Å². The second-order valence-electron chi connectivity index (χ2n) is 5.58. The van der Waals surface area contributed by atoms with Crippen molar-refractivity contribution in [3.05, 3.63) is 28.8 Å².